The average molecular weight is 389 g/mol. The van der Waals surface area contributed by atoms with Gasteiger partial charge in [-0.2, -0.15) is 0 Å². The molecular formula is C18H32N2O5S. The molecule has 0 spiro atoms. The minimum Gasteiger partial charge on any atom is -0.387 e. The average Bonchev–Trinajstić information content (AvgIpc) is 2.99. The van der Waals surface area contributed by atoms with Gasteiger partial charge in [0, 0.05) is 6.54 Å². The zero-order valence-electron chi connectivity index (χ0n) is 15.7. The quantitative estimate of drug-likeness (QED) is 0.454. The Labute approximate surface area is 159 Å². The number of hydrogen-bond acceptors (Lipinski definition) is 7. The Hall–Kier alpha value is -0.640. The van der Waals surface area contributed by atoms with Gasteiger partial charge in [0.25, 0.3) is 0 Å². The molecule has 2 unspecified atom stereocenters. The highest BCUT2D eigenvalue weighted by molar-refractivity contribution is 7.99. The van der Waals surface area contributed by atoms with E-state index in [1.54, 1.807) is 6.26 Å². The second-order valence-corrected chi connectivity index (χ2v) is 8.23. The maximum atomic E-state index is 12.8. The highest BCUT2D eigenvalue weighted by Gasteiger charge is 2.46. The number of hydrogen-bond donors (Lipinski definition) is 4. The number of aliphatic hydroxyl groups is 3. The van der Waals surface area contributed by atoms with Gasteiger partial charge >= 0.3 is 0 Å². The molecule has 2 aliphatic heterocycles. The standard InChI is InChI=1S/C18H32N2O5S/c1-5-7-10-8-12(20(3)9-10)17(24)19-11(6-2)16-14(22)13(21)15(23)18(25-16)26-4/h6,10-16,18,21-23H,2,5,7-9H2,1,3-4H3,(H,19,24)/t10-,11-,12+,13-,14?,15-,16-,18?/m1/s1. The Morgan fingerprint density at radius 1 is 1.38 bits per heavy atom. The number of amides is 1. The van der Waals surface area contributed by atoms with Crippen molar-refractivity contribution in [2.24, 2.45) is 5.92 Å². The molecule has 0 aromatic carbocycles. The monoisotopic (exact) mass is 388 g/mol. The van der Waals surface area contributed by atoms with Gasteiger partial charge in [0.2, 0.25) is 5.91 Å². The Bertz CT molecular complexity index is 492. The molecule has 0 aliphatic carbocycles. The Morgan fingerprint density at radius 3 is 2.65 bits per heavy atom. The number of likely N-dealkylation sites (N-methyl/N-ethyl adjacent to an activating group) is 1. The van der Waals surface area contributed by atoms with Gasteiger partial charge in [0.1, 0.15) is 29.9 Å². The highest BCUT2D eigenvalue weighted by atomic mass is 32.2. The van der Waals surface area contributed by atoms with E-state index in [9.17, 15) is 20.1 Å². The third-order valence-electron chi connectivity index (χ3n) is 5.39. The summed E-state index contributed by atoms with van der Waals surface area (Å²) in [7, 11) is 1.94. The van der Waals surface area contributed by atoms with Crippen molar-refractivity contribution in [3.8, 4) is 0 Å². The summed E-state index contributed by atoms with van der Waals surface area (Å²) in [6, 6.07) is -0.880. The number of carbonyl (C=O) groups excluding carboxylic acids is 1. The second-order valence-electron chi connectivity index (χ2n) is 7.29. The van der Waals surface area contributed by atoms with Crippen LogP contribution in [0, 0.1) is 5.92 Å². The van der Waals surface area contributed by atoms with Crippen LogP contribution in [-0.4, -0.2) is 87.9 Å². The van der Waals surface area contributed by atoms with Crippen LogP contribution >= 0.6 is 11.8 Å². The van der Waals surface area contributed by atoms with Crippen LogP contribution in [0.3, 0.4) is 0 Å². The molecule has 0 saturated carbocycles. The molecule has 150 valence electrons. The Kier molecular flexibility index (Phi) is 7.93. The zero-order valence-corrected chi connectivity index (χ0v) is 16.6. The molecule has 2 saturated heterocycles. The van der Waals surface area contributed by atoms with Crippen molar-refractivity contribution in [2.45, 2.75) is 68.1 Å². The van der Waals surface area contributed by atoms with E-state index in [2.05, 4.69) is 23.7 Å². The van der Waals surface area contributed by atoms with Crippen LogP contribution in [0.25, 0.3) is 0 Å². The highest BCUT2D eigenvalue weighted by Crippen LogP contribution is 2.30. The molecule has 8 heteroatoms. The molecule has 26 heavy (non-hydrogen) atoms. The summed E-state index contributed by atoms with van der Waals surface area (Å²) in [6.45, 7) is 6.78. The van der Waals surface area contributed by atoms with E-state index < -0.39 is 35.9 Å². The van der Waals surface area contributed by atoms with Crippen molar-refractivity contribution in [2.75, 3.05) is 19.8 Å². The summed E-state index contributed by atoms with van der Waals surface area (Å²) in [4.78, 5) is 14.8. The number of carbonyl (C=O) groups is 1. The number of likely N-dealkylation sites (tertiary alicyclic amines) is 1. The lowest BCUT2D eigenvalue weighted by molar-refractivity contribution is -0.202. The Balaban J connectivity index is 2.04. The first kappa shape index (κ1) is 21.7. The first-order valence-corrected chi connectivity index (χ1v) is 10.5. The number of thioether (sulfide) groups is 1. The van der Waals surface area contributed by atoms with Crippen LogP contribution in [0.1, 0.15) is 26.2 Å². The lowest BCUT2D eigenvalue weighted by Crippen LogP contribution is -2.62. The van der Waals surface area contributed by atoms with Crippen molar-refractivity contribution < 1.29 is 24.9 Å². The van der Waals surface area contributed by atoms with Crippen LogP contribution in [0.15, 0.2) is 12.7 Å². The third-order valence-corrected chi connectivity index (χ3v) is 6.24. The van der Waals surface area contributed by atoms with Crippen LogP contribution in [0.2, 0.25) is 0 Å². The van der Waals surface area contributed by atoms with Gasteiger partial charge in [-0.1, -0.05) is 19.4 Å². The van der Waals surface area contributed by atoms with Gasteiger partial charge < -0.3 is 25.4 Å². The van der Waals surface area contributed by atoms with Crippen LogP contribution in [0.5, 0.6) is 0 Å². The second kappa shape index (κ2) is 9.52. The third kappa shape index (κ3) is 4.61. The fourth-order valence-electron chi connectivity index (χ4n) is 3.93. The summed E-state index contributed by atoms with van der Waals surface area (Å²) in [6.07, 6.45) is 1.55. The van der Waals surface area contributed by atoms with Crippen molar-refractivity contribution in [3.63, 3.8) is 0 Å². The van der Waals surface area contributed by atoms with E-state index in [1.807, 2.05) is 7.05 Å². The number of ether oxygens (including phenoxy) is 1. The fourth-order valence-corrected chi connectivity index (χ4v) is 4.61. The van der Waals surface area contributed by atoms with Gasteiger partial charge in [-0.05, 0) is 32.1 Å². The van der Waals surface area contributed by atoms with Crippen LogP contribution in [0.4, 0.5) is 0 Å². The maximum Gasteiger partial charge on any atom is 0.237 e. The van der Waals surface area contributed by atoms with E-state index >= 15 is 0 Å². The van der Waals surface area contributed by atoms with Crippen molar-refractivity contribution >= 4 is 17.7 Å². The number of rotatable bonds is 7. The molecular weight excluding hydrogens is 356 g/mol. The molecule has 8 atom stereocenters. The number of aliphatic hydroxyl groups excluding tert-OH is 3. The number of nitrogens with one attached hydrogen (secondary N) is 1. The first-order valence-electron chi connectivity index (χ1n) is 9.19. The lowest BCUT2D eigenvalue weighted by Gasteiger charge is -2.42. The molecule has 2 fully saturated rings. The molecule has 2 aliphatic rings. The molecule has 7 nitrogen and oxygen atoms in total. The van der Waals surface area contributed by atoms with E-state index in [4.69, 9.17) is 4.74 Å². The van der Waals surface area contributed by atoms with Gasteiger partial charge in [-0.15, -0.1) is 18.3 Å². The summed E-state index contributed by atoms with van der Waals surface area (Å²) in [5.41, 5.74) is -0.680. The number of nitrogens with zero attached hydrogens (tertiary/aromatic N) is 1. The SMILES string of the molecule is C=C[C@@H](NC(=O)[C@@H]1C[C@@H](CCC)CN1C)[C@H]1OC(SC)[C@H](O)[C@H](O)C1O. The van der Waals surface area contributed by atoms with E-state index in [0.717, 1.165) is 25.8 Å². The molecule has 2 heterocycles. The van der Waals surface area contributed by atoms with Gasteiger partial charge in [0.05, 0.1) is 12.1 Å². The van der Waals surface area contributed by atoms with Crippen molar-refractivity contribution in [1.29, 1.82) is 0 Å². The van der Waals surface area contributed by atoms with Crippen LogP contribution in [-0.2, 0) is 9.53 Å². The summed E-state index contributed by atoms with van der Waals surface area (Å²) < 4.78 is 5.74. The molecule has 0 radical (unpaired) electrons. The van der Waals surface area contributed by atoms with Crippen LogP contribution < -0.4 is 5.32 Å². The first-order chi connectivity index (χ1) is 12.3. The minimum atomic E-state index is -1.34. The zero-order chi connectivity index (χ0) is 19.4. The smallest absolute Gasteiger partial charge is 0.237 e. The fraction of sp³-hybridized carbons (Fsp3) is 0.833. The molecule has 1 amide bonds. The minimum absolute atomic E-state index is 0.131. The Morgan fingerprint density at radius 2 is 2.08 bits per heavy atom. The topological polar surface area (TPSA) is 102 Å². The van der Waals surface area contributed by atoms with E-state index in [1.165, 1.54) is 17.8 Å². The van der Waals surface area contributed by atoms with Crippen molar-refractivity contribution in [3.05, 3.63) is 12.7 Å². The maximum absolute atomic E-state index is 12.8. The molecule has 2 rings (SSSR count). The molecule has 0 aromatic heterocycles. The molecule has 0 bridgehead atoms. The van der Waals surface area contributed by atoms with Gasteiger partial charge in [0.15, 0.2) is 0 Å². The summed E-state index contributed by atoms with van der Waals surface area (Å²) in [5.74, 6) is 0.380. The molecule has 4 N–H and O–H groups in total. The van der Waals surface area contributed by atoms with Gasteiger partial charge in [-0.25, -0.2) is 0 Å². The summed E-state index contributed by atoms with van der Waals surface area (Å²) >= 11 is 1.24. The lowest BCUT2D eigenvalue weighted by atomic mass is 9.94. The predicted octanol–water partition coefficient (Wildman–Crippen LogP) is -0.0518. The molecule has 0 aromatic rings. The van der Waals surface area contributed by atoms with Crippen molar-refractivity contribution in [1.82, 2.24) is 10.2 Å². The van der Waals surface area contributed by atoms with Gasteiger partial charge in [-0.3, -0.25) is 9.69 Å². The summed E-state index contributed by atoms with van der Waals surface area (Å²) in [5, 5.41) is 33.3. The largest absolute Gasteiger partial charge is 0.387 e. The normalized spacial score (nSPS) is 39.5. The van der Waals surface area contributed by atoms with E-state index in [-0.39, 0.29) is 11.9 Å². The van der Waals surface area contributed by atoms with E-state index in [0.29, 0.717) is 5.92 Å². The predicted molar refractivity (Wildman–Crippen MR) is 102 cm³/mol.